The lowest BCUT2D eigenvalue weighted by Crippen LogP contribution is -1.95. The van der Waals surface area contributed by atoms with Crippen LogP contribution in [0.5, 0.6) is 0 Å². The fraction of sp³-hybridized carbons (Fsp3) is 0.333. The van der Waals surface area contributed by atoms with Gasteiger partial charge in [0.1, 0.15) is 20.0 Å². The lowest BCUT2D eigenvalue weighted by Gasteiger charge is -2.05. The molecule has 0 atom stereocenters. The van der Waals surface area contributed by atoms with Crippen LogP contribution in [0.15, 0.2) is 12.1 Å². The molecule has 0 unspecified atom stereocenters. The van der Waals surface area contributed by atoms with Gasteiger partial charge < -0.3 is 0 Å². The van der Waals surface area contributed by atoms with Gasteiger partial charge in [-0.3, -0.25) is 0 Å². The zero-order valence-electron chi connectivity index (χ0n) is 6.41. The van der Waals surface area contributed by atoms with Gasteiger partial charge in [0.05, 0.1) is 0 Å². The zero-order valence-corrected chi connectivity index (χ0v) is 6.41. The quantitative estimate of drug-likeness (QED) is 0.659. The van der Waals surface area contributed by atoms with Crippen molar-refractivity contribution in [2.24, 2.45) is 0 Å². The highest BCUT2D eigenvalue weighted by Gasteiger charge is 2.07. The summed E-state index contributed by atoms with van der Waals surface area (Å²) >= 11 is 0. The molecule has 0 bridgehead atoms. The molecule has 0 aromatic heterocycles. The summed E-state index contributed by atoms with van der Waals surface area (Å²) in [4.78, 5) is 0. The Kier molecular flexibility index (Phi) is 3.14. The average Bonchev–Trinajstić information content (AvgIpc) is 2.16. The van der Waals surface area contributed by atoms with Crippen molar-refractivity contribution in [2.75, 3.05) is 0 Å². The van der Waals surface area contributed by atoms with Crippen LogP contribution in [0.3, 0.4) is 0 Å². The number of hydrogen-bond donors (Lipinski definition) is 0. The van der Waals surface area contributed by atoms with Gasteiger partial charge in [0.15, 0.2) is 0 Å². The van der Waals surface area contributed by atoms with E-state index in [-0.39, 0.29) is 16.7 Å². The Balaban J connectivity index is 3.13. The standard InChI is InChI=1S/C9H8F3/c10-4-7-2-1-3-8(5-11)9(7)6-12/h1-2H,4-6H2. The third-order valence-corrected chi connectivity index (χ3v) is 1.71. The monoisotopic (exact) mass is 173 g/mol. The molecule has 0 fully saturated rings. The first-order valence-electron chi connectivity index (χ1n) is 3.52. The Morgan fingerprint density at radius 1 is 1.08 bits per heavy atom. The molecule has 0 amide bonds. The number of rotatable bonds is 3. The summed E-state index contributed by atoms with van der Waals surface area (Å²) in [5.41, 5.74) is 0.430. The Morgan fingerprint density at radius 2 is 1.83 bits per heavy atom. The second-order valence-electron chi connectivity index (χ2n) is 2.36. The summed E-state index contributed by atoms with van der Waals surface area (Å²) in [7, 11) is 0. The largest absolute Gasteiger partial charge is 0.246 e. The van der Waals surface area contributed by atoms with E-state index in [0.29, 0.717) is 0 Å². The summed E-state index contributed by atoms with van der Waals surface area (Å²) in [5.74, 6) is 0. The average molecular weight is 173 g/mol. The van der Waals surface area contributed by atoms with Gasteiger partial charge in [-0.1, -0.05) is 12.1 Å². The lowest BCUT2D eigenvalue weighted by atomic mass is 10.0. The zero-order chi connectivity index (χ0) is 8.97. The SMILES string of the molecule is FCc1[c]ccc(CF)c1CF. The number of alkyl halides is 3. The van der Waals surface area contributed by atoms with E-state index >= 15 is 0 Å². The van der Waals surface area contributed by atoms with Crippen molar-refractivity contribution >= 4 is 0 Å². The Labute approximate surface area is 69.0 Å². The Bertz CT molecular complexity index is 236. The first-order chi connectivity index (χ1) is 5.83. The van der Waals surface area contributed by atoms with Crippen LogP contribution in [-0.4, -0.2) is 0 Å². The molecule has 0 aliphatic heterocycles. The predicted molar refractivity (Wildman–Crippen MR) is 39.7 cm³/mol. The smallest absolute Gasteiger partial charge is 0.115 e. The molecule has 0 heterocycles. The molecule has 0 nitrogen and oxygen atoms in total. The minimum absolute atomic E-state index is 0.0995. The van der Waals surface area contributed by atoms with E-state index in [9.17, 15) is 13.2 Å². The summed E-state index contributed by atoms with van der Waals surface area (Å²) < 4.78 is 36.6. The maximum absolute atomic E-state index is 12.3. The summed E-state index contributed by atoms with van der Waals surface area (Å²) in [6.07, 6.45) is 0. The summed E-state index contributed by atoms with van der Waals surface area (Å²) in [6.45, 7) is -2.40. The topological polar surface area (TPSA) is 0 Å². The molecule has 1 aromatic rings. The fourth-order valence-corrected chi connectivity index (χ4v) is 1.04. The molecule has 0 N–H and O–H groups in total. The van der Waals surface area contributed by atoms with Crippen LogP contribution in [0.2, 0.25) is 0 Å². The Morgan fingerprint density at radius 3 is 2.33 bits per heavy atom. The van der Waals surface area contributed by atoms with E-state index in [0.717, 1.165) is 0 Å². The van der Waals surface area contributed by atoms with E-state index in [1.54, 1.807) is 0 Å². The third kappa shape index (κ3) is 1.60. The van der Waals surface area contributed by atoms with E-state index in [1.165, 1.54) is 12.1 Å². The minimum Gasteiger partial charge on any atom is -0.246 e. The number of hydrogen-bond acceptors (Lipinski definition) is 0. The highest BCUT2D eigenvalue weighted by molar-refractivity contribution is 5.33. The van der Waals surface area contributed by atoms with Gasteiger partial charge in [-0.2, -0.15) is 0 Å². The molecule has 1 aromatic carbocycles. The van der Waals surface area contributed by atoms with Gasteiger partial charge >= 0.3 is 0 Å². The van der Waals surface area contributed by atoms with Crippen LogP contribution < -0.4 is 0 Å². The molecule has 1 radical (unpaired) electrons. The molecule has 12 heavy (non-hydrogen) atoms. The first kappa shape index (κ1) is 9.10. The Hall–Kier alpha value is -0.990. The van der Waals surface area contributed by atoms with Crippen molar-refractivity contribution < 1.29 is 13.2 Å². The van der Waals surface area contributed by atoms with Crippen LogP contribution in [-0.2, 0) is 20.0 Å². The van der Waals surface area contributed by atoms with Crippen molar-refractivity contribution in [2.45, 2.75) is 20.0 Å². The van der Waals surface area contributed by atoms with Crippen molar-refractivity contribution in [3.63, 3.8) is 0 Å². The van der Waals surface area contributed by atoms with E-state index in [1.807, 2.05) is 0 Å². The van der Waals surface area contributed by atoms with Crippen molar-refractivity contribution in [3.8, 4) is 0 Å². The van der Waals surface area contributed by atoms with Crippen LogP contribution in [0.1, 0.15) is 16.7 Å². The van der Waals surface area contributed by atoms with E-state index in [2.05, 4.69) is 6.07 Å². The third-order valence-electron chi connectivity index (χ3n) is 1.71. The molecule has 3 heteroatoms. The molecule has 0 aliphatic carbocycles. The highest BCUT2D eigenvalue weighted by Crippen LogP contribution is 2.17. The second kappa shape index (κ2) is 4.14. The molecule has 0 spiro atoms. The fourth-order valence-electron chi connectivity index (χ4n) is 1.04. The van der Waals surface area contributed by atoms with Crippen LogP contribution in [0.4, 0.5) is 13.2 Å². The van der Waals surface area contributed by atoms with Crippen molar-refractivity contribution in [3.05, 3.63) is 34.9 Å². The molecule has 65 valence electrons. The van der Waals surface area contributed by atoms with Gasteiger partial charge in [0.2, 0.25) is 0 Å². The minimum atomic E-state index is -0.837. The van der Waals surface area contributed by atoms with Crippen LogP contribution in [0.25, 0.3) is 0 Å². The van der Waals surface area contributed by atoms with Gasteiger partial charge in [0, 0.05) is 0 Å². The van der Waals surface area contributed by atoms with Gasteiger partial charge in [-0.25, -0.2) is 13.2 Å². The maximum Gasteiger partial charge on any atom is 0.115 e. The molecule has 0 saturated carbocycles. The maximum atomic E-state index is 12.3. The predicted octanol–water partition coefficient (Wildman–Crippen LogP) is 2.90. The second-order valence-corrected chi connectivity index (χ2v) is 2.36. The van der Waals surface area contributed by atoms with Crippen LogP contribution >= 0.6 is 0 Å². The molecule has 1 rings (SSSR count). The summed E-state index contributed by atoms with van der Waals surface area (Å²) in [5, 5.41) is 0. The molecule has 0 saturated heterocycles. The van der Waals surface area contributed by atoms with Crippen LogP contribution in [0, 0.1) is 6.07 Å². The normalized spacial score (nSPS) is 10.2. The molecular formula is C9H8F3. The first-order valence-corrected chi connectivity index (χ1v) is 3.52. The molecular weight excluding hydrogens is 165 g/mol. The summed E-state index contributed by atoms with van der Waals surface area (Å²) in [6, 6.07) is 5.35. The van der Waals surface area contributed by atoms with Crippen molar-refractivity contribution in [1.82, 2.24) is 0 Å². The van der Waals surface area contributed by atoms with Crippen molar-refractivity contribution in [1.29, 1.82) is 0 Å². The van der Waals surface area contributed by atoms with Gasteiger partial charge in [-0.05, 0) is 22.8 Å². The lowest BCUT2D eigenvalue weighted by molar-refractivity contribution is 0.436. The molecule has 0 aliphatic rings. The van der Waals surface area contributed by atoms with E-state index < -0.39 is 20.0 Å². The number of benzene rings is 1. The van der Waals surface area contributed by atoms with E-state index in [4.69, 9.17) is 0 Å². The number of halogens is 3. The van der Waals surface area contributed by atoms with Gasteiger partial charge in [-0.15, -0.1) is 0 Å². The van der Waals surface area contributed by atoms with Gasteiger partial charge in [0.25, 0.3) is 0 Å². The highest BCUT2D eigenvalue weighted by atomic mass is 19.1.